The van der Waals surface area contributed by atoms with Crippen molar-refractivity contribution < 1.29 is 28.8 Å². The van der Waals surface area contributed by atoms with E-state index in [2.05, 4.69) is 15.6 Å². The van der Waals surface area contributed by atoms with Crippen LogP contribution in [0.5, 0.6) is 28.7 Å². The number of fused-ring (bicyclic) bond motifs is 3. The third kappa shape index (κ3) is 4.69. The highest BCUT2D eigenvalue weighted by molar-refractivity contribution is 6.33. The summed E-state index contributed by atoms with van der Waals surface area (Å²) in [5.41, 5.74) is 1.08. The first-order valence-corrected chi connectivity index (χ1v) is 11.0. The van der Waals surface area contributed by atoms with Gasteiger partial charge in [0.2, 0.25) is 5.75 Å². The van der Waals surface area contributed by atoms with Gasteiger partial charge < -0.3 is 34.7 Å². The van der Waals surface area contributed by atoms with Crippen LogP contribution in [0.25, 0.3) is 10.9 Å². The van der Waals surface area contributed by atoms with Crippen LogP contribution in [0.3, 0.4) is 0 Å². The summed E-state index contributed by atoms with van der Waals surface area (Å²) in [7, 11) is 0. The number of pyridine rings is 1. The average Bonchev–Trinajstić information content (AvgIpc) is 3.63. The zero-order chi connectivity index (χ0) is 22.8. The van der Waals surface area contributed by atoms with Crippen LogP contribution in [0.4, 0.5) is 10.5 Å². The second-order valence-electron chi connectivity index (χ2n) is 7.62. The number of urea groups is 1. The van der Waals surface area contributed by atoms with E-state index in [0.717, 1.165) is 12.8 Å². The highest BCUT2D eigenvalue weighted by atomic mass is 35.5. The van der Waals surface area contributed by atoms with Crippen molar-refractivity contribution in [3.05, 3.63) is 41.6 Å². The van der Waals surface area contributed by atoms with Gasteiger partial charge in [0.05, 0.1) is 28.2 Å². The SMILES string of the molecule is O=C(Nc1ccc(Oc2ccnc3cc(OCCO)c4c(c23)OCCO4)cc1Cl)NC1CC1. The van der Waals surface area contributed by atoms with E-state index < -0.39 is 0 Å². The Morgan fingerprint density at radius 1 is 1.15 bits per heavy atom. The molecule has 2 aliphatic rings. The van der Waals surface area contributed by atoms with E-state index in [1.807, 2.05) is 0 Å². The fourth-order valence-electron chi connectivity index (χ4n) is 3.48. The molecule has 9 nitrogen and oxygen atoms in total. The largest absolute Gasteiger partial charge is 0.487 e. The molecule has 2 heterocycles. The number of anilines is 1. The number of ether oxygens (including phenoxy) is 4. The Labute approximate surface area is 194 Å². The number of carbonyl (C=O) groups is 1. The fourth-order valence-corrected chi connectivity index (χ4v) is 3.70. The molecule has 2 aromatic carbocycles. The number of aliphatic hydroxyl groups excluding tert-OH is 1. The summed E-state index contributed by atoms with van der Waals surface area (Å²) in [6.07, 6.45) is 3.62. The van der Waals surface area contributed by atoms with Crippen molar-refractivity contribution in [2.75, 3.05) is 31.7 Å². The van der Waals surface area contributed by atoms with Crippen LogP contribution in [0.2, 0.25) is 5.02 Å². The summed E-state index contributed by atoms with van der Waals surface area (Å²) in [5, 5.41) is 15.7. The lowest BCUT2D eigenvalue weighted by Gasteiger charge is -2.23. The first-order chi connectivity index (χ1) is 16.1. The normalized spacial score (nSPS) is 14.6. The van der Waals surface area contributed by atoms with Crippen LogP contribution in [-0.2, 0) is 0 Å². The third-order valence-corrected chi connectivity index (χ3v) is 5.43. The number of benzene rings is 2. The maximum atomic E-state index is 12.0. The molecule has 0 saturated heterocycles. The molecule has 0 atom stereocenters. The Balaban J connectivity index is 1.44. The van der Waals surface area contributed by atoms with Gasteiger partial charge in [-0.1, -0.05) is 11.6 Å². The lowest BCUT2D eigenvalue weighted by atomic mass is 10.1. The van der Waals surface area contributed by atoms with E-state index in [1.165, 1.54) is 0 Å². The second-order valence-corrected chi connectivity index (χ2v) is 8.03. The van der Waals surface area contributed by atoms with Crippen molar-refractivity contribution >= 4 is 34.2 Å². The van der Waals surface area contributed by atoms with Gasteiger partial charge in [-0.15, -0.1) is 0 Å². The first kappa shape index (κ1) is 21.4. The van der Waals surface area contributed by atoms with Crippen LogP contribution in [0, 0.1) is 0 Å². The van der Waals surface area contributed by atoms with Gasteiger partial charge in [-0.05, 0) is 31.0 Å². The summed E-state index contributed by atoms with van der Waals surface area (Å²) >= 11 is 6.38. The zero-order valence-corrected chi connectivity index (χ0v) is 18.4. The number of nitrogens with one attached hydrogen (secondary N) is 2. The molecule has 3 aromatic rings. The molecule has 1 saturated carbocycles. The molecule has 0 unspecified atom stereocenters. The minimum Gasteiger partial charge on any atom is -0.487 e. The average molecular weight is 472 g/mol. The molecule has 33 heavy (non-hydrogen) atoms. The van der Waals surface area contributed by atoms with E-state index in [-0.39, 0.29) is 25.3 Å². The number of nitrogens with zero attached hydrogens (tertiary/aromatic N) is 1. The van der Waals surface area contributed by atoms with Gasteiger partial charge in [-0.2, -0.15) is 0 Å². The zero-order valence-electron chi connectivity index (χ0n) is 17.6. The summed E-state index contributed by atoms with van der Waals surface area (Å²) in [6, 6.07) is 8.44. The molecule has 0 spiro atoms. The highest BCUT2D eigenvalue weighted by Crippen LogP contribution is 2.48. The van der Waals surface area contributed by atoms with Crippen molar-refractivity contribution in [2.24, 2.45) is 0 Å². The molecule has 1 aliphatic carbocycles. The van der Waals surface area contributed by atoms with Crippen molar-refractivity contribution in [2.45, 2.75) is 18.9 Å². The summed E-state index contributed by atoms with van der Waals surface area (Å²) < 4.78 is 23.4. The summed E-state index contributed by atoms with van der Waals surface area (Å²) in [4.78, 5) is 16.4. The minimum absolute atomic E-state index is 0.120. The van der Waals surface area contributed by atoms with E-state index >= 15 is 0 Å². The van der Waals surface area contributed by atoms with Crippen molar-refractivity contribution in [1.29, 1.82) is 0 Å². The monoisotopic (exact) mass is 471 g/mol. The number of hydrogen-bond donors (Lipinski definition) is 3. The predicted octanol–water partition coefficient (Wildman–Crippen LogP) is 4.11. The number of aromatic nitrogens is 1. The smallest absolute Gasteiger partial charge is 0.319 e. The number of hydrogen-bond acceptors (Lipinski definition) is 7. The van der Waals surface area contributed by atoms with E-state index in [0.29, 0.717) is 63.6 Å². The van der Waals surface area contributed by atoms with Crippen LogP contribution in [-0.4, -0.2) is 48.6 Å². The quantitative estimate of drug-likeness (QED) is 0.475. The Hall–Kier alpha value is -3.43. The molecular formula is C23H22ClN3O6. The first-order valence-electron chi connectivity index (χ1n) is 10.6. The molecule has 1 aliphatic heterocycles. The van der Waals surface area contributed by atoms with Gasteiger partial charge in [0, 0.05) is 24.4 Å². The Morgan fingerprint density at radius 2 is 1.97 bits per heavy atom. The van der Waals surface area contributed by atoms with Crippen molar-refractivity contribution in [3.63, 3.8) is 0 Å². The summed E-state index contributed by atoms with van der Waals surface area (Å²) in [5.74, 6) is 2.33. The molecule has 172 valence electrons. The maximum Gasteiger partial charge on any atom is 0.319 e. The van der Waals surface area contributed by atoms with Crippen molar-refractivity contribution in [3.8, 4) is 28.7 Å². The van der Waals surface area contributed by atoms with Crippen LogP contribution in [0.15, 0.2) is 36.5 Å². The molecule has 3 N–H and O–H groups in total. The molecule has 2 amide bonds. The Morgan fingerprint density at radius 3 is 2.73 bits per heavy atom. The highest BCUT2D eigenvalue weighted by Gasteiger charge is 2.25. The Kier molecular flexibility index (Phi) is 5.97. The molecule has 5 rings (SSSR count). The van der Waals surface area contributed by atoms with E-state index in [4.69, 9.17) is 35.7 Å². The maximum absolute atomic E-state index is 12.0. The molecule has 0 radical (unpaired) electrons. The van der Waals surface area contributed by atoms with Gasteiger partial charge in [-0.25, -0.2) is 4.79 Å². The number of carbonyl (C=O) groups excluding carboxylic acids is 1. The topological polar surface area (TPSA) is 111 Å². The van der Waals surface area contributed by atoms with Crippen LogP contribution >= 0.6 is 11.6 Å². The predicted molar refractivity (Wildman–Crippen MR) is 122 cm³/mol. The van der Waals surface area contributed by atoms with Gasteiger partial charge in [0.1, 0.15) is 31.3 Å². The van der Waals surface area contributed by atoms with Crippen molar-refractivity contribution in [1.82, 2.24) is 10.3 Å². The molecule has 1 aromatic heterocycles. The van der Waals surface area contributed by atoms with Gasteiger partial charge in [0.15, 0.2) is 11.5 Å². The molecule has 0 bridgehead atoms. The lowest BCUT2D eigenvalue weighted by molar-refractivity contribution is 0.155. The number of rotatable bonds is 7. The lowest BCUT2D eigenvalue weighted by Crippen LogP contribution is -2.30. The molecule has 1 fully saturated rings. The fraction of sp³-hybridized carbons (Fsp3) is 0.304. The number of halogens is 1. The molecular weight excluding hydrogens is 450 g/mol. The molecule has 10 heteroatoms. The van der Waals surface area contributed by atoms with E-state index in [1.54, 1.807) is 36.5 Å². The van der Waals surface area contributed by atoms with Crippen LogP contribution < -0.4 is 29.6 Å². The third-order valence-electron chi connectivity index (χ3n) is 5.12. The van der Waals surface area contributed by atoms with Gasteiger partial charge >= 0.3 is 6.03 Å². The second kappa shape index (κ2) is 9.21. The standard InChI is InChI=1S/C23H22ClN3O6/c24-15-11-14(3-4-16(15)27-23(29)26-13-1-2-13)33-18-5-6-25-17-12-19(30-8-7-28)21-22(20(17)18)32-10-9-31-21/h3-6,11-13,28H,1-2,7-10H2,(H2,26,27,29). The number of aliphatic hydroxyl groups is 1. The van der Waals surface area contributed by atoms with Gasteiger partial charge in [0.25, 0.3) is 0 Å². The number of amides is 2. The Bertz CT molecular complexity index is 1200. The minimum atomic E-state index is -0.281. The van der Waals surface area contributed by atoms with E-state index in [9.17, 15) is 4.79 Å². The van der Waals surface area contributed by atoms with Gasteiger partial charge in [-0.3, -0.25) is 4.98 Å². The van der Waals surface area contributed by atoms with Crippen LogP contribution in [0.1, 0.15) is 12.8 Å². The summed E-state index contributed by atoms with van der Waals surface area (Å²) in [6.45, 7) is 0.741.